The summed E-state index contributed by atoms with van der Waals surface area (Å²) in [5, 5.41) is 8.46. The SMILES string of the molecule is CC(Sc1nnc(COc2ccc(C(C)(C)C)cc2)n1N)C(=O)N1CCc2ccccc21. The second-order valence-corrected chi connectivity index (χ2v) is 10.3. The van der Waals surface area contributed by atoms with E-state index in [1.54, 1.807) is 0 Å². The number of amides is 1. The first-order valence-corrected chi connectivity index (χ1v) is 11.6. The number of aromatic nitrogens is 3. The van der Waals surface area contributed by atoms with Crippen LogP contribution in [0.4, 0.5) is 5.69 Å². The van der Waals surface area contributed by atoms with Gasteiger partial charge in [-0.2, -0.15) is 0 Å². The van der Waals surface area contributed by atoms with Crippen LogP contribution in [-0.2, 0) is 23.2 Å². The molecule has 7 nitrogen and oxygen atoms in total. The van der Waals surface area contributed by atoms with Crippen LogP contribution in [-0.4, -0.2) is 32.6 Å². The van der Waals surface area contributed by atoms with Gasteiger partial charge in [-0.25, -0.2) is 4.68 Å². The molecule has 2 heterocycles. The molecule has 0 saturated heterocycles. The van der Waals surface area contributed by atoms with Crippen LogP contribution in [0.5, 0.6) is 5.75 Å². The number of fused-ring (bicyclic) bond motifs is 1. The molecule has 1 amide bonds. The summed E-state index contributed by atoms with van der Waals surface area (Å²) in [4.78, 5) is 14.9. The highest BCUT2D eigenvalue weighted by molar-refractivity contribution is 8.00. The summed E-state index contributed by atoms with van der Waals surface area (Å²) >= 11 is 1.30. The van der Waals surface area contributed by atoms with Crippen molar-refractivity contribution in [2.24, 2.45) is 0 Å². The number of para-hydroxylation sites is 1. The van der Waals surface area contributed by atoms with Crippen LogP contribution in [0.2, 0.25) is 0 Å². The Labute approximate surface area is 192 Å². The van der Waals surface area contributed by atoms with E-state index >= 15 is 0 Å². The number of hydrogen-bond acceptors (Lipinski definition) is 6. The molecule has 32 heavy (non-hydrogen) atoms. The lowest BCUT2D eigenvalue weighted by molar-refractivity contribution is -0.117. The van der Waals surface area contributed by atoms with Crippen LogP contribution in [0.25, 0.3) is 0 Å². The molecule has 0 bridgehead atoms. The number of nitrogens with zero attached hydrogens (tertiary/aromatic N) is 4. The summed E-state index contributed by atoms with van der Waals surface area (Å²) in [5.41, 5.74) is 3.53. The van der Waals surface area contributed by atoms with Gasteiger partial charge in [0.05, 0.1) is 5.25 Å². The van der Waals surface area contributed by atoms with Crippen molar-refractivity contribution in [2.75, 3.05) is 17.3 Å². The van der Waals surface area contributed by atoms with Gasteiger partial charge in [-0.15, -0.1) is 10.2 Å². The monoisotopic (exact) mass is 451 g/mol. The number of benzene rings is 2. The molecular formula is C24H29N5O2S. The lowest BCUT2D eigenvalue weighted by atomic mass is 9.87. The number of ether oxygens (including phenoxy) is 1. The molecule has 168 valence electrons. The average molecular weight is 452 g/mol. The summed E-state index contributed by atoms with van der Waals surface area (Å²) < 4.78 is 7.24. The maximum Gasteiger partial charge on any atom is 0.240 e. The highest BCUT2D eigenvalue weighted by Crippen LogP contribution is 2.31. The molecule has 0 fully saturated rings. The molecule has 1 atom stereocenters. The molecule has 3 aromatic rings. The number of anilines is 1. The van der Waals surface area contributed by atoms with Gasteiger partial charge in [0, 0.05) is 12.2 Å². The van der Waals surface area contributed by atoms with Crippen LogP contribution >= 0.6 is 11.8 Å². The third-order valence-electron chi connectivity index (χ3n) is 5.61. The maximum absolute atomic E-state index is 13.0. The maximum atomic E-state index is 13.0. The highest BCUT2D eigenvalue weighted by atomic mass is 32.2. The van der Waals surface area contributed by atoms with E-state index in [4.69, 9.17) is 10.6 Å². The first-order chi connectivity index (χ1) is 15.2. The van der Waals surface area contributed by atoms with Gasteiger partial charge in [0.1, 0.15) is 12.4 Å². The minimum Gasteiger partial charge on any atom is -0.486 e. The molecule has 1 aromatic heterocycles. The van der Waals surface area contributed by atoms with Crippen LogP contribution in [0.1, 0.15) is 44.6 Å². The van der Waals surface area contributed by atoms with Crippen molar-refractivity contribution in [3.8, 4) is 5.75 Å². The Bertz CT molecular complexity index is 1100. The first-order valence-electron chi connectivity index (χ1n) is 10.7. The van der Waals surface area contributed by atoms with Crippen molar-refractivity contribution in [2.45, 2.75) is 56.5 Å². The summed E-state index contributed by atoms with van der Waals surface area (Å²) in [6.07, 6.45) is 0.880. The van der Waals surface area contributed by atoms with Gasteiger partial charge in [0.2, 0.25) is 11.1 Å². The predicted octanol–water partition coefficient (Wildman–Crippen LogP) is 3.94. The van der Waals surface area contributed by atoms with E-state index in [2.05, 4.69) is 49.2 Å². The standard InChI is InChI=1S/C24H29N5O2S/c1-16(22(30)28-14-13-17-7-5-6-8-20(17)28)32-23-27-26-21(29(23)25)15-31-19-11-9-18(10-12-19)24(2,3)4/h5-12,16H,13-15,25H2,1-4H3. The van der Waals surface area contributed by atoms with E-state index in [0.717, 1.165) is 17.9 Å². The summed E-state index contributed by atoms with van der Waals surface area (Å²) in [7, 11) is 0. The molecule has 0 aliphatic carbocycles. The van der Waals surface area contributed by atoms with Crippen LogP contribution in [0.15, 0.2) is 53.7 Å². The van der Waals surface area contributed by atoms with E-state index in [-0.39, 0.29) is 23.2 Å². The quantitative estimate of drug-likeness (QED) is 0.451. The molecule has 0 saturated carbocycles. The topological polar surface area (TPSA) is 86.3 Å². The van der Waals surface area contributed by atoms with E-state index in [0.29, 0.717) is 17.5 Å². The summed E-state index contributed by atoms with van der Waals surface area (Å²) in [6, 6.07) is 16.0. The molecule has 1 aliphatic heterocycles. The predicted molar refractivity (Wildman–Crippen MR) is 127 cm³/mol. The van der Waals surface area contributed by atoms with Gasteiger partial charge in [-0.05, 0) is 48.1 Å². The van der Waals surface area contributed by atoms with Crippen molar-refractivity contribution in [3.05, 3.63) is 65.5 Å². The number of hydrogen-bond donors (Lipinski definition) is 1. The van der Waals surface area contributed by atoms with Crippen molar-refractivity contribution < 1.29 is 9.53 Å². The van der Waals surface area contributed by atoms with Crippen LogP contribution in [0.3, 0.4) is 0 Å². The van der Waals surface area contributed by atoms with E-state index in [9.17, 15) is 4.79 Å². The Morgan fingerprint density at radius 3 is 2.59 bits per heavy atom. The lowest BCUT2D eigenvalue weighted by Crippen LogP contribution is -2.35. The lowest BCUT2D eigenvalue weighted by Gasteiger charge is -2.21. The van der Waals surface area contributed by atoms with Crippen LogP contribution < -0.4 is 15.5 Å². The largest absolute Gasteiger partial charge is 0.486 e. The fourth-order valence-electron chi connectivity index (χ4n) is 3.68. The van der Waals surface area contributed by atoms with Gasteiger partial charge in [-0.3, -0.25) is 4.79 Å². The first kappa shape index (κ1) is 22.2. The number of nitrogen functional groups attached to an aromatic ring is 1. The van der Waals surface area contributed by atoms with Gasteiger partial charge in [0.25, 0.3) is 0 Å². The molecule has 1 unspecified atom stereocenters. The fourth-order valence-corrected chi connectivity index (χ4v) is 4.53. The third-order valence-corrected chi connectivity index (χ3v) is 6.65. The summed E-state index contributed by atoms with van der Waals surface area (Å²) in [6.45, 7) is 9.29. The molecule has 4 rings (SSSR count). The second-order valence-electron chi connectivity index (χ2n) is 8.96. The van der Waals surface area contributed by atoms with Crippen molar-refractivity contribution in [1.82, 2.24) is 14.9 Å². The minimum atomic E-state index is -0.341. The Balaban J connectivity index is 1.37. The molecule has 1 aliphatic rings. The number of thioether (sulfide) groups is 1. The Morgan fingerprint density at radius 1 is 1.16 bits per heavy atom. The number of rotatable bonds is 6. The van der Waals surface area contributed by atoms with Crippen LogP contribution in [0, 0.1) is 0 Å². The smallest absolute Gasteiger partial charge is 0.240 e. The van der Waals surface area contributed by atoms with Crippen molar-refractivity contribution >= 4 is 23.4 Å². The molecule has 2 aromatic carbocycles. The normalized spacial score (nSPS) is 14.3. The second kappa shape index (κ2) is 8.86. The van der Waals surface area contributed by atoms with Crippen molar-refractivity contribution in [3.63, 3.8) is 0 Å². The Hall–Kier alpha value is -3.00. The Kier molecular flexibility index (Phi) is 6.15. The third kappa shape index (κ3) is 4.60. The fraction of sp³-hybridized carbons (Fsp3) is 0.375. The molecule has 0 spiro atoms. The zero-order valence-electron chi connectivity index (χ0n) is 18.9. The molecule has 8 heteroatoms. The minimum absolute atomic E-state index is 0.0414. The zero-order chi connectivity index (χ0) is 22.9. The average Bonchev–Trinajstić information content (AvgIpc) is 3.35. The van der Waals surface area contributed by atoms with E-state index in [1.165, 1.54) is 27.6 Å². The van der Waals surface area contributed by atoms with Gasteiger partial charge >= 0.3 is 0 Å². The highest BCUT2D eigenvalue weighted by Gasteiger charge is 2.29. The zero-order valence-corrected chi connectivity index (χ0v) is 19.7. The van der Waals surface area contributed by atoms with E-state index < -0.39 is 0 Å². The van der Waals surface area contributed by atoms with Gasteiger partial charge in [0.15, 0.2) is 5.82 Å². The van der Waals surface area contributed by atoms with Gasteiger partial charge in [-0.1, -0.05) is 62.9 Å². The molecule has 2 N–H and O–H groups in total. The summed E-state index contributed by atoms with van der Waals surface area (Å²) in [5.74, 6) is 7.48. The molecular weight excluding hydrogens is 422 g/mol. The van der Waals surface area contributed by atoms with E-state index in [1.807, 2.05) is 42.2 Å². The number of nitrogens with two attached hydrogens (primary N) is 1. The van der Waals surface area contributed by atoms with Crippen molar-refractivity contribution in [1.29, 1.82) is 0 Å². The number of carbonyl (C=O) groups excluding carboxylic acids is 1. The molecule has 0 radical (unpaired) electrons. The Morgan fingerprint density at radius 2 is 1.88 bits per heavy atom. The van der Waals surface area contributed by atoms with Gasteiger partial charge < -0.3 is 15.5 Å². The number of carbonyl (C=O) groups is 1.